The summed E-state index contributed by atoms with van der Waals surface area (Å²) < 4.78 is 5.40. The molecule has 2 saturated heterocycles. The van der Waals surface area contributed by atoms with Gasteiger partial charge in [0.25, 0.3) is 0 Å². The Labute approximate surface area is 234 Å². The zero-order valence-corrected chi connectivity index (χ0v) is 23.4. The van der Waals surface area contributed by atoms with E-state index in [2.05, 4.69) is 58.7 Å². The number of piperidine rings is 1. The topological polar surface area (TPSA) is 61.9 Å². The quantitative estimate of drug-likeness (QED) is 0.368. The molecule has 0 bridgehead atoms. The van der Waals surface area contributed by atoms with Gasteiger partial charge in [0.15, 0.2) is 0 Å². The lowest BCUT2D eigenvalue weighted by Crippen LogP contribution is -2.38. The van der Waals surface area contributed by atoms with E-state index in [1.54, 1.807) is 0 Å². The van der Waals surface area contributed by atoms with Gasteiger partial charge in [-0.15, -0.1) is 0 Å². The summed E-state index contributed by atoms with van der Waals surface area (Å²) in [4.78, 5) is 26.6. The molecule has 2 aliphatic rings. The molecule has 3 aromatic carbocycles. The summed E-state index contributed by atoms with van der Waals surface area (Å²) in [5.41, 5.74) is 3.74. The second-order valence-electron chi connectivity index (χ2n) is 9.70. The maximum absolute atomic E-state index is 12.1. The van der Waals surface area contributed by atoms with Crippen LogP contribution in [0.15, 0.2) is 91.0 Å². The van der Waals surface area contributed by atoms with Crippen LogP contribution < -0.4 is 5.32 Å². The Morgan fingerprint density at radius 2 is 1.38 bits per heavy atom. The fourth-order valence-electron chi connectivity index (χ4n) is 4.98. The lowest BCUT2D eigenvalue weighted by Gasteiger charge is -2.31. The van der Waals surface area contributed by atoms with E-state index in [0.29, 0.717) is 18.6 Å². The van der Waals surface area contributed by atoms with Gasteiger partial charge in [-0.25, -0.2) is 4.79 Å². The van der Waals surface area contributed by atoms with Crippen molar-refractivity contribution in [1.29, 1.82) is 0 Å². The molecular formula is C33H43N3O3. The number of carbonyl (C=O) groups excluding carboxylic acids is 2. The summed E-state index contributed by atoms with van der Waals surface area (Å²) in [6.45, 7) is 8.91. The number of nitrogens with one attached hydrogen (secondary N) is 1. The summed E-state index contributed by atoms with van der Waals surface area (Å²) in [5, 5.41) is 2.84. The molecule has 208 valence electrons. The van der Waals surface area contributed by atoms with Gasteiger partial charge in [-0.1, -0.05) is 105 Å². The van der Waals surface area contributed by atoms with Crippen LogP contribution in [0.25, 0.3) is 0 Å². The zero-order valence-electron chi connectivity index (χ0n) is 23.4. The number of nitrogens with zero attached hydrogens (tertiary/aromatic N) is 2. The number of hydrogen-bond donors (Lipinski definition) is 1. The van der Waals surface area contributed by atoms with Crippen LogP contribution in [0.2, 0.25) is 0 Å². The van der Waals surface area contributed by atoms with Crippen molar-refractivity contribution in [2.24, 2.45) is 0 Å². The van der Waals surface area contributed by atoms with Crippen LogP contribution in [0.5, 0.6) is 0 Å². The van der Waals surface area contributed by atoms with Gasteiger partial charge >= 0.3 is 6.09 Å². The number of rotatable bonds is 7. The standard InChI is InChI=1S/C19H21NO2.C12H16N2O.C2H6/c21-19(22-15-16-7-3-1-4-8-16)20-13-11-18(12-14-20)17-9-5-2-6-10-17;15-10-13-12-6-7-14(9-12)8-11-4-2-1-3-5-11;1-2/h1-10,18H,11-15H2;1-5,10,12H,6-9H2,(H,13,15);1-2H3. The van der Waals surface area contributed by atoms with Crippen molar-refractivity contribution < 1.29 is 14.3 Å². The highest BCUT2D eigenvalue weighted by atomic mass is 16.6. The van der Waals surface area contributed by atoms with Gasteiger partial charge in [-0.2, -0.15) is 0 Å². The number of likely N-dealkylation sites (tertiary alicyclic amines) is 2. The Bertz CT molecular complexity index is 1070. The molecule has 6 nitrogen and oxygen atoms in total. The molecule has 0 radical (unpaired) electrons. The second kappa shape index (κ2) is 17.0. The van der Waals surface area contributed by atoms with Crippen LogP contribution >= 0.6 is 0 Å². The maximum atomic E-state index is 12.1. The van der Waals surface area contributed by atoms with E-state index >= 15 is 0 Å². The van der Waals surface area contributed by atoms with Crippen molar-refractivity contribution in [2.75, 3.05) is 26.2 Å². The first-order valence-electron chi connectivity index (χ1n) is 14.2. The van der Waals surface area contributed by atoms with Crippen molar-refractivity contribution in [2.45, 2.75) is 58.2 Å². The molecule has 2 fully saturated rings. The highest BCUT2D eigenvalue weighted by Gasteiger charge is 2.24. The minimum Gasteiger partial charge on any atom is -0.445 e. The highest BCUT2D eigenvalue weighted by molar-refractivity contribution is 5.67. The van der Waals surface area contributed by atoms with Crippen LogP contribution in [-0.4, -0.2) is 54.5 Å². The molecular weight excluding hydrogens is 486 g/mol. The molecule has 1 unspecified atom stereocenters. The molecule has 2 amide bonds. The van der Waals surface area contributed by atoms with Gasteiger partial charge in [0.2, 0.25) is 6.41 Å². The molecule has 1 atom stereocenters. The molecule has 6 heteroatoms. The smallest absolute Gasteiger partial charge is 0.410 e. The largest absolute Gasteiger partial charge is 0.445 e. The third kappa shape index (κ3) is 10.2. The predicted octanol–water partition coefficient (Wildman–Crippen LogP) is 6.24. The van der Waals surface area contributed by atoms with Gasteiger partial charge in [0.1, 0.15) is 6.61 Å². The Kier molecular flexibility index (Phi) is 13.1. The van der Waals surface area contributed by atoms with Crippen LogP contribution in [0.1, 0.15) is 55.7 Å². The molecule has 0 saturated carbocycles. The van der Waals surface area contributed by atoms with E-state index < -0.39 is 0 Å². The van der Waals surface area contributed by atoms with Gasteiger partial charge in [-0.05, 0) is 41.9 Å². The van der Waals surface area contributed by atoms with Crippen LogP contribution in [0, 0.1) is 0 Å². The van der Waals surface area contributed by atoms with Crippen molar-refractivity contribution in [3.8, 4) is 0 Å². The third-order valence-corrected chi connectivity index (χ3v) is 7.05. The van der Waals surface area contributed by atoms with Gasteiger partial charge in [-0.3, -0.25) is 9.69 Å². The minimum atomic E-state index is -0.199. The van der Waals surface area contributed by atoms with Crippen LogP contribution in [0.3, 0.4) is 0 Å². The SMILES string of the molecule is CC.O=C(OCc1ccccc1)N1CCC(c2ccccc2)CC1.O=CNC1CCN(Cc2ccccc2)C1. The van der Waals surface area contributed by atoms with E-state index in [1.807, 2.05) is 61.2 Å². The Morgan fingerprint density at radius 1 is 0.821 bits per heavy atom. The van der Waals surface area contributed by atoms with Crippen molar-refractivity contribution in [3.63, 3.8) is 0 Å². The first-order valence-corrected chi connectivity index (χ1v) is 14.2. The molecule has 0 spiro atoms. The third-order valence-electron chi connectivity index (χ3n) is 7.05. The van der Waals surface area contributed by atoms with Gasteiger partial charge in [0, 0.05) is 38.8 Å². The predicted molar refractivity (Wildman–Crippen MR) is 157 cm³/mol. The first-order chi connectivity index (χ1) is 19.2. The number of ether oxygens (including phenoxy) is 1. The van der Waals surface area contributed by atoms with Crippen LogP contribution in [0.4, 0.5) is 4.79 Å². The fourth-order valence-corrected chi connectivity index (χ4v) is 4.98. The molecule has 1 N–H and O–H groups in total. The van der Waals surface area contributed by atoms with Crippen molar-refractivity contribution in [3.05, 3.63) is 108 Å². The lowest BCUT2D eigenvalue weighted by atomic mass is 9.90. The molecule has 0 aromatic heterocycles. The van der Waals surface area contributed by atoms with E-state index in [-0.39, 0.29) is 6.09 Å². The maximum Gasteiger partial charge on any atom is 0.410 e. The highest BCUT2D eigenvalue weighted by Crippen LogP contribution is 2.28. The monoisotopic (exact) mass is 529 g/mol. The normalized spacial score (nSPS) is 17.2. The molecule has 0 aliphatic carbocycles. The van der Waals surface area contributed by atoms with Gasteiger partial charge < -0.3 is 15.0 Å². The average Bonchev–Trinajstić information content (AvgIpc) is 3.45. The van der Waals surface area contributed by atoms with E-state index in [4.69, 9.17) is 4.74 Å². The first kappa shape index (κ1) is 29.9. The summed E-state index contributed by atoms with van der Waals surface area (Å²) in [6, 6.07) is 31.1. The second-order valence-corrected chi connectivity index (χ2v) is 9.70. The number of amides is 2. The zero-order chi connectivity index (χ0) is 27.7. The van der Waals surface area contributed by atoms with Gasteiger partial charge in [0.05, 0.1) is 0 Å². The Balaban J connectivity index is 0.000000216. The summed E-state index contributed by atoms with van der Waals surface area (Å²) >= 11 is 0. The van der Waals surface area contributed by atoms with E-state index in [1.165, 1.54) is 11.1 Å². The molecule has 3 aromatic rings. The number of hydrogen-bond acceptors (Lipinski definition) is 4. The van der Waals surface area contributed by atoms with E-state index in [0.717, 1.165) is 64.0 Å². The number of benzene rings is 3. The minimum absolute atomic E-state index is 0.199. The van der Waals surface area contributed by atoms with Crippen molar-refractivity contribution >= 4 is 12.5 Å². The molecule has 2 aliphatic heterocycles. The fraction of sp³-hybridized carbons (Fsp3) is 0.394. The Hall–Kier alpha value is -3.64. The van der Waals surface area contributed by atoms with Crippen LogP contribution in [-0.2, 0) is 22.7 Å². The molecule has 5 rings (SSSR count). The summed E-state index contributed by atoms with van der Waals surface area (Å²) in [6.07, 6.45) is 3.67. The average molecular weight is 530 g/mol. The van der Waals surface area contributed by atoms with E-state index in [9.17, 15) is 9.59 Å². The molecule has 2 heterocycles. The summed E-state index contributed by atoms with van der Waals surface area (Å²) in [5.74, 6) is 0.555. The lowest BCUT2D eigenvalue weighted by molar-refractivity contribution is -0.110. The van der Waals surface area contributed by atoms with Crippen molar-refractivity contribution in [1.82, 2.24) is 15.1 Å². The molecule has 39 heavy (non-hydrogen) atoms. The number of carbonyl (C=O) groups is 2. The summed E-state index contributed by atoms with van der Waals surface area (Å²) in [7, 11) is 0. The Morgan fingerprint density at radius 3 is 1.97 bits per heavy atom.